The maximum atomic E-state index is 12.5. The van der Waals surface area contributed by atoms with E-state index in [-0.39, 0.29) is 11.4 Å². The summed E-state index contributed by atoms with van der Waals surface area (Å²) in [5.41, 5.74) is 2.11. The van der Waals surface area contributed by atoms with Crippen LogP contribution in [0.5, 0.6) is 0 Å². The van der Waals surface area contributed by atoms with Crippen LogP contribution in [0, 0.1) is 0 Å². The molecular weight excluding hydrogens is 246 g/mol. The van der Waals surface area contributed by atoms with Crippen LogP contribution in [0.15, 0.2) is 36.4 Å². The SMILES string of the molecule is C[C@]12CCCC[C@H]1c1c(ccc3ccccc13)C(=O)N2. The Morgan fingerprint density at radius 3 is 2.90 bits per heavy atom. The summed E-state index contributed by atoms with van der Waals surface area (Å²) in [4.78, 5) is 12.5. The van der Waals surface area contributed by atoms with Gasteiger partial charge in [0.15, 0.2) is 0 Å². The Balaban J connectivity index is 2.03. The summed E-state index contributed by atoms with van der Waals surface area (Å²) in [6.07, 6.45) is 4.75. The number of amides is 1. The van der Waals surface area contributed by atoms with Gasteiger partial charge in [-0.15, -0.1) is 0 Å². The van der Waals surface area contributed by atoms with Gasteiger partial charge in [0.1, 0.15) is 0 Å². The molecule has 1 heterocycles. The van der Waals surface area contributed by atoms with Crippen LogP contribution in [0.2, 0.25) is 0 Å². The largest absolute Gasteiger partial charge is 0.346 e. The van der Waals surface area contributed by atoms with E-state index in [0.717, 1.165) is 12.0 Å². The van der Waals surface area contributed by atoms with Gasteiger partial charge in [0, 0.05) is 17.0 Å². The van der Waals surface area contributed by atoms with E-state index in [0.29, 0.717) is 5.92 Å². The first-order chi connectivity index (χ1) is 9.69. The maximum Gasteiger partial charge on any atom is 0.252 e. The molecule has 2 aliphatic rings. The summed E-state index contributed by atoms with van der Waals surface area (Å²) in [6.45, 7) is 2.22. The van der Waals surface area contributed by atoms with Crippen molar-refractivity contribution < 1.29 is 4.79 Å². The Labute approximate surface area is 119 Å². The number of carbonyl (C=O) groups excluding carboxylic acids is 1. The number of hydrogen-bond donors (Lipinski definition) is 1. The van der Waals surface area contributed by atoms with E-state index in [1.54, 1.807) is 0 Å². The quantitative estimate of drug-likeness (QED) is 0.766. The fraction of sp³-hybridized carbons (Fsp3) is 0.389. The number of hydrogen-bond acceptors (Lipinski definition) is 1. The van der Waals surface area contributed by atoms with Crippen molar-refractivity contribution in [3.8, 4) is 0 Å². The topological polar surface area (TPSA) is 29.1 Å². The van der Waals surface area contributed by atoms with Crippen LogP contribution < -0.4 is 5.32 Å². The van der Waals surface area contributed by atoms with E-state index >= 15 is 0 Å². The van der Waals surface area contributed by atoms with E-state index in [4.69, 9.17) is 0 Å². The minimum atomic E-state index is -0.0630. The molecule has 0 saturated heterocycles. The number of carbonyl (C=O) groups is 1. The minimum absolute atomic E-state index is 0.0630. The van der Waals surface area contributed by atoms with Gasteiger partial charge in [-0.1, -0.05) is 43.2 Å². The van der Waals surface area contributed by atoms with Gasteiger partial charge in [0.25, 0.3) is 5.91 Å². The smallest absolute Gasteiger partial charge is 0.252 e. The van der Waals surface area contributed by atoms with Crippen molar-refractivity contribution in [3.05, 3.63) is 47.5 Å². The third kappa shape index (κ3) is 1.54. The van der Waals surface area contributed by atoms with Crippen LogP contribution in [-0.4, -0.2) is 11.4 Å². The van der Waals surface area contributed by atoms with Gasteiger partial charge >= 0.3 is 0 Å². The lowest BCUT2D eigenvalue weighted by Gasteiger charge is -2.46. The Morgan fingerprint density at radius 1 is 1.15 bits per heavy atom. The Morgan fingerprint density at radius 2 is 2.00 bits per heavy atom. The van der Waals surface area contributed by atoms with Crippen molar-refractivity contribution in [1.82, 2.24) is 5.32 Å². The maximum absolute atomic E-state index is 12.5. The van der Waals surface area contributed by atoms with Crippen LogP contribution in [0.25, 0.3) is 10.8 Å². The Kier molecular flexibility index (Phi) is 2.44. The monoisotopic (exact) mass is 265 g/mol. The van der Waals surface area contributed by atoms with Crippen molar-refractivity contribution in [2.75, 3.05) is 0 Å². The highest BCUT2D eigenvalue weighted by atomic mass is 16.1. The molecule has 4 rings (SSSR count). The molecule has 0 unspecified atom stereocenters. The lowest BCUT2D eigenvalue weighted by molar-refractivity contribution is 0.0830. The average Bonchev–Trinajstić information content (AvgIpc) is 2.46. The molecule has 1 amide bonds. The number of nitrogens with one attached hydrogen (secondary N) is 1. The van der Waals surface area contributed by atoms with E-state index in [1.165, 1.54) is 35.6 Å². The lowest BCUT2D eigenvalue weighted by Crippen LogP contribution is -2.55. The molecule has 0 bridgehead atoms. The summed E-state index contributed by atoms with van der Waals surface area (Å²) in [6, 6.07) is 12.5. The van der Waals surface area contributed by atoms with Gasteiger partial charge in [-0.3, -0.25) is 4.79 Å². The van der Waals surface area contributed by atoms with Crippen molar-refractivity contribution in [3.63, 3.8) is 0 Å². The summed E-state index contributed by atoms with van der Waals surface area (Å²) in [5, 5.41) is 5.78. The zero-order chi connectivity index (χ0) is 13.7. The average molecular weight is 265 g/mol. The molecule has 2 aromatic carbocycles. The molecule has 0 radical (unpaired) electrons. The molecule has 2 atom stereocenters. The molecule has 1 fully saturated rings. The van der Waals surface area contributed by atoms with Crippen LogP contribution >= 0.6 is 0 Å². The highest BCUT2D eigenvalue weighted by Crippen LogP contribution is 2.46. The van der Waals surface area contributed by atoms with Crippen molar-refractivity contribution in [2.24, 2.45) is 0 Å². The molecule has 1 saturated carbocycles. The summed E-state index contributed by atoms with van der Waals surface area (Å²) >= 11 is 0. The summed E-state index contributed by atoms with van der Waals surface area (Å²) in [5.74, 6) is 0.557. The predicted molar refractivity (Wildman–Crippen MR) is 81.0 cm³/mol. The normalized spacial score (nSPS) is 28.6. The molecule has 0 aromatic heterocycles. The first kappa shape index (κ1) is 12.0. The molecule has 1 aliphatic carbocycles. The molecule has 1 aliphatic heterocycles. The van der Waals surface area contributed by atoms with E-state index < -0.39 is 0 Å². The molecule has 20 heavy (non-hydrogen) atoms. The van der Waals surface area contributed by atoms with Gasteiger partial charge in [-0.25, -0.2) is 0 Å². The highest BCUT2D eigenvalue weighted by Gasteiger charge is 2.44. The molecule has 1 N–H and O–H groups in total. The van der Waals surface area contributed by atoms with Crippen molar-refractivity contribution >= 4 is 16.7 Å². The lowest BCUT2D eigenvalue weighted by atomic mass is 9.66. The summed E-state index contributed by atoms with van der Waals surface area (Å²) < 4.78 is 0. The second kappa shape index (κ2) is 4.08. The van der Waals surface area contributed by atoms with Crippen molar-refractivity contribution in [1.29, 1.82) is 0 Å². The molecular formula is C18H19NO. The first-order valence-corrected chi connectivity index (χ1v) is 7.53. The van der Waals surface area contributed by atoms with Gasteiger partial charge < -0.3 is 5.32 Å². The van der Waals surface area contributed by atoms with Gasteiger partial charge in [0.05, 0.1) is 0 Å². The van der Waals surface area contributed by atoms with E-state index in [9.17, 15) is 4.79 Å². The highest BCUT2D eigenvalue weighted by molar-refractivity contribution is 6.03. The fourth-order valence-electron chi connectivity index (χ4n) is 4.14. The second-order valence-corrected chi connectivity index (χ2v) is 6.42. The minimum Gasteiger partial charge on any atom is -0.346 e. The molecule has 2 heteroatoms. The molecule has 0 spiro atoms. The van der Waals surface area contributed by atoms with Crippen LogP contribution in [0.3, 0.4) is 0 Å². The Bertz CT molecular complexity index is 706. The zero-order valence-electron chi connectivity index (χ0n) is 11.8. The first-order valence-electron chi connectivity index (χ1n) is 7.53. The fourth-order valence-corrected chi connectivity index (χ4v) is 4.14. The third-order valence-corrected chi connectivity index (χ3v) is 5.17. The predicted octanol–water partition coefficient (Wildman–Crippen LogP) is 4.00. The molecule has 2 nitrogen and oxygen atoms in total. The number of rotatable bonds is 0. The second-order valence-electron chi connectivity index (χ2n) is 6.42. The van der Waals surface area contributed by atoms with Crippen molar-refractivity contribution in [2.45, 2.75) is 44.1 Å². The molecule has 102 valence electrons. The number of fused-ring (bicyclic) bond motifs is 5. The zero-order valence-corrected chi connectivity index (χ0v) is 11.8. The summed E-state index contributed by atoms with van der Waals surface area (Å²) in [7, 11) is 0. The van der Waals surface area contributed by atoms with Gasteiger partial charge in [-0.2, -0.15) is 0 Å². The van der Waals surface area contributed by atoms with E-state index in [2.05, 4.69) is 42.6 Å². The van der Waals surface area contributed by atoms with Gasteiger partial charge in [0.2, 0.25) is 0 Å². The van der Waals surface area contributed by atoms with Crippen LogP contribution in [0.4, 0.5) is 0 Å². The third-order valence-electron chi connectivity index (χ3n) is 5.17. The standard InChI is InChI=1S/C18H19NO/c1-18-11-5-4-8-15(18)16-13-7-3-2-6-12(13)9-10-14(16)17(20)19-18/h2-3,6-7,9-10,15H,4-5,8,11H2,1H3,(H,19,20)/t15-,18-/m0/s1. The van der Waals surface area contributed by atoms with E-state index in [1.807, 2.05) is 6.07 Å². The van der Waals surface area contributed by atoms with Crippen LogP contribution in [-0.2, 0) is 0 Å². The Hall–Kier alpha value is -1.83. The van der Waals surface area contributed by atoms with Crippen LogP contribution in [0.1, 0.15) is 54.4 Å². The van der Waals surface area contributed by atoms with Gasteiger partial charge in [-0.05, 0) is 42.2 Å². The molecule has 2 aromatic rings. The number of benzene rings is 2.